The monoisotopic (exact) mass is 362 g/mol. The fourth-order valence-corrected chi connectivity index (χ4v) is 2.57. The van der Waals surface area contributed by atoms with E-state index in [9.17, 15) is 4.79 Å². The lowest BCUT2D eigenvalue weighted by molar-refractivity contribution is -0.132. The molecular formula is C16H24Cl2N2O3. The number of carbonyl (C=O) groups is 1. The smallest absolute Gasteiger partial charge is 0.249 e. The van der Waals surface area contributed by atoms with Gasteiger partial charge in [0.2, 0.25) is 5.91 Å². The summed E-state index contributed by atoms with van der Waals surface area (Å²) in [5.74, 6) is 0.530. The minimum Gasteiger partial charge on any atom is -0.487 e. The summed E-state index contributed by atoms with van der Waals surface area (Å²) < 4.78 is 11.4. The van der Waals surface area contributed by atoms with Crippen molar-refractivity contribution in [3.63, 3.8) is 0 Å². The molecule has 1 aromatic carbocycles. The molecule has 3 atom stereocenters. The van der Waals surface area contributed by atoms with Gasteiger partial charge >= 0.3 is 0 Å². The Bertz CT molecular complexity index is 502. The van der Waals surface area contributed by atoms with Crippen LogP contribution in [0.25, 0.3) is 0 Å². The van der Waals surface area contributed by atoms with Gasteiger partial charge in [-0.25, -0.2) is 0 Å². The number of hydrogen-bond donors (Lipinski definition) is 2. The molecule has 3 N–H and O–H groups in total. The van der Waals surface area contributed by atoms with Crippen LogP contribution in [0.3, 0.4) is 0 Å². The zero-order chi connectivity index (χ0) is 15.9. The third-order valence-electron chi connectivity index (χ3n) is 3.75. The average Bonchev–Trinajstić information content (AvgIpc) is 3.02. The highest BCUT2D eigenvalue weighted by Crippen LogP contribution is 2.24. The zero-order valence-electron chi connectivity index (χ0n) is 13.2. The van der Waals surface area contributed by atoms with Crippen LogP contribution in [0.2, 0.25) is 5.02 Å². The van der Waals surface area contributed by atoms with E-state index < -0.39 is 6.10 Å². The summed E-state index contributed by atoms with van der Waals surface area (Å²) in [6.45, 7) is 2.88. The number of amides is 1. The Morgan fingerprint density at radius 3 is 2.83 bits per heavy atom. The summed E-state index contributed by atoms with van der Waals surface area (Å²) in [6, 6.07) is 7.31. The van der Waals surface area contributed by atoms with Crippen molar-refractivity contribution >= 4 is 29.9 Å². The molecule has 23 heavy (non-hydrogen) atoms. The average molecular weight is 363 g/mol. The Balaban J connectivity index is 0.00000264. The van der Waals surface area contributed by atoms with Crippen LogP contribution in [0.15, 0.2) is 24.3 Å². The highest BCUT2D eigenvalue weighted by atomic mass is 35.5. The van der Waals surface area contributed by atoms with Crippen LogP contribution in [0.1, 0.15) is 26.2 Å². The van der Waals surface area contributed by atoms with Crippen LogP contribution in [-0.4, -0.2) is 37.3 Å². The van der Waals surface area contributed by atoms with E-state index >= 15 is 0 Å². The topological polar surface area (TPSA) is 73.6 Å². The Morgan fingerprint density at radius 2 is 2.22 bits per heavy atom. The maximum absolute atomic E-state index is 12.1. The van der Waals surface area contributed by atoms with Crippen molar-refractivity contribution < 1.29 is 14.3 Å². The SMILES string of the molecule is CCC(CNC(=O)[C@@H]1CC[C@H](CN)O1)Oc1ccccc1Cl.Cl. The number of carbonyl (C=O) groups excluding carboxylic acids is 1. The lowest BCUT2D eigenvalue weighted by Crippen LogP contribution is -2.41. The summed E-state index contributed by atoms with van der Waals surface area (Å²) in [6.07, 6.45) is 1.79. The van der Waals surface area contributed by atoms with Crippen molar-refractivity contribution in [1.29, 1.82) is 0 Å². The highest BCUT2D eigenvalue weighted by molar-refractivity contribution is 6.32. The van der Waals surface area contributed by atoms with E-state index in [1.165, 1.54) is 0 Å². The van der Waals surface area contributed by atoms with Crippen LogP contribution >= 0.6 is 24.0 Å². The van der Waals surface area contributed by atoms with Crippen LogP contribution in [0.5, 0.6) is 5.75 Å². The van der Waals surface area contributed by atoms with Gasteiger partial charge in [0.25, 0.3) is 0 Å². The molecule has 1 heterocycles. The van der Waals surface area contributed by atoms with Gasteiger partial charge in [0.15, 0.2) is 0 Å². The van der Waals surface area contributed by atoms with Gasteiger partial charge in [-0.2, -0.15) is 0 Å². The van der Waals surface area contributed by atoms with Crippen LogP contribution < -0.4 is 15.8 Å². The lowest BCUT2D eigenvalue weighted by atomic mass is 10.2. The van der Waals surface area contributed by atoms with Gasteiger partial charge in [-0.3, -0.25) is 4.79 Å². The maximum atomic E-state index is 12.1. The second-order valence-electron chi connectivity index (χ2n) is 5.38. The number of nitrogens with two attached hydrogens (primary N) is 1. The molecule has 1 aliphatic rings. The van der Waals surface area contributed by atoms with Gasteiger partial charge in [-0.05, 0) is 31.4 Å². The number of ether oxygens (including phenoxy) is 2. The quantitative estimate of drug-likeness (QED) is 0.781. The molecule has 0 spiro atoms. The van der Waals surface area contributed by atoms with Crippen molar-refractivity contribution in [2.24, 2.45) is 5.73 Å². The number of para-hydroxylation sites is 1. The number of hydrogen-bond acceptors (Lipinski definition) is 4. The highest BCUT2D eigenvalue weighted by Gasteiger charge is 2.30. The number of benzene rings is 1. The maximum Gasteiger partial charge on any atom is 0.249 e. The lowest BCUT2D eigenvalue weighted by Gasteiger charge is -2.20. The molecule has 1 aliphatic heterocycles. The van der Waals surface area contributed by atoms with Crippen molar-refractivity contribution in [3.8, 4) is 5.75 Å². The fourth-order valence-electron chi connectivity index (χ4n) is 2.39. The minimum atomic E-state index is -0.397. The first-order chi connectivity index (χ1) is 10.6. The van der Waals surface area contributed by atoms with E-state index in [1.54, 1.807) is 6.07 Å². The summed E-state index contributed by atoms with van der Waals surface area (Å²) in [5.41, 5.74) is 5.55. The second-order valence-corrected chi connectivity index (χ2v) is 5.79. The first kappa shape index (κ1) is 20.0. The zero-order valence-corrected chi connectivity index (χ0v) is 14.7. The molecule has 7 heteroatoms. The molecule has 1 amide bonds. The standard InChI is InChI=1S/C16H23ClN2O3.ClH/c1-2-11(21-14-6-4-3-5-13(14)17)10-19-16(20)15-8-7-12(9-18)22-15;/h3-6,11-12,15H,2,7-10,18H2,1H3,(H,19,20);1H/t11?,12-,15+;/m1./s1. The molecule has 0 aromatic heterocycles. The summed E-state index contributed by atoms with van der Waals surface area (Å²) in [7, 11) is 0. The first-order valence-electron chi connectivity index (χ1n) is 7.68. The Labute approximate surface area is 148 Å². The van der Waals surface area contributed by atoms with Crippen LogP contribution in [0.4, 0.5) is 0 Å². The largest absolute Gasteiger partial charge is 0.487 e. The summed E-state index contributed by atoms with van der Waals surface area (Å²) >= 11 is 6.08. The Hall–Kier alpha value is -1.01. The number of nitrogens with one attached hydrogen (secondary N) is 1. The number of halogens is 2. The fraction of sp³-hybridized carbons (Fsp3) is 0.562. The third-order valence-corrected chi connectivity index (χ3v) is 4.06. The molecule has 1 aromatic rings. The van der Waals surface area contributed by atoms with E-state index in [-0.39, 0.29) is 30.5 Å². The molecule has 1 saturated heterocycles. The van der Waals surface area contributed by atoms with Crippen molar-refractivity contribution in [3.05, 3.63) is 29.3 Å². The van der Waals surface area contributed by atoms with Crippen molar-refractivity contribution in [2.75, 3.05) is 13.1 Å². The molecule has 2 rings (SSSR count). The van der Waals surface area contributed by atoms with Gasteiger partial charge in [0.1, 0.15) is 18.0 Å². The van der Waals surface area contributed by atoms with Gasteiger partial charge in [-0.1, -0.05) is 30.7 Å². The molecule has 0 bridgehead atoms. The van der Waals surface area contributed by atoms with Crippen molar-refractivity contribution in [1.82, 2.24) is 5.32 Å². The third kappa shape index (κ3) is 5.84. The molecule has 0 saturated carbocycles. The van der Waals surface area contributed by atoms with E-state index in [0.29, 0.717) is 23.9 Å². The summed E-state index contributed by atoms with van der Waals surface area (Å²) in [4.78, 5) is 12.1. The molecular weight excluding hydrogens is 339 g/mol. The molecule has 1 unspecified atom stereocenters. The first-order valence-corrected chi connectivity index (χ1v) is 8.06. The normalized spacial score (nSPS) is 21.3. The predicted octanol–water partition coefficient (Wildman–Crippen LogP) is 2.54. The number of rotatable bonds is 7. The van der Waals surface area contributed by atoms with Gasteiger partial charge in [0.05, 0.1) is 17.7 Å². The minimum absolute atomic E-state index is 0. The molecule has 0 radical (unpaired) electrons. The van der Waals surface area contributed by atoms with Crippen molar-refractivity contribution in [2.45, 2.75) is 44.5 Å². The Kier molecular flexibility index (Phi) is 8.69. The van der Waals surface area contributed by atoms with Gasteiger partial charge in [-0.15, -0.1) is 12.4 Å². The Morgan fingerprint density at radius 1 is 1.48 bits per heavy atom. The second kappa shape index (κ2) is 9.98. The summed E-state index contributed by atoms with van der Waals surface area (Å²) in [5, 5.41) is 3.45. The van der Waals surface area contributed by atoms with E-state index in [4.69, 9.17) is 26.8 Å². The van der Waals surface area contributed by atoms with Gasteiger partial charge in [0, 0.05) is 6.54 Å². The molecule has 130 valence electrons. The predicted molar refractivity (Wildman–Crippen MR) is 93.4 cm³/mol. The van der Waals surface area contributed by atoms with E-state index in [1.807, 2.05) is 25.1 Å². The van der Waals surface area contributed by atoms with Crippen LogP contribution in [0, 0.1) is 0 Å². The van der Waals surface area contributed by atoms with E-state index in [2.05, 4.69) is 5.32 Å². The molecule has 0 aliphatic carbocycles. The van der Waals surface area contributed by atoms with Crippen LogP contribution in [-0.2, 0) is 9.53 Å². The molecule has 5 nitrogen and oxygen atoms in total. The molecule has 1 fully saturated rings. The van der Waals surface area contributed by atoms with Gasteiger partial charge < -0.3 is 20.5 Å². The van der Waals surface area contributed by atoms with E-state index in [0.717, 1.165) is 19.3 Å².